The Bertz CT molecular complexity index is 1660. The van der Waals surface area contributed by atoms with Gasteiger partial charge in [-0.15, -0.1) is 0 Å². The van der Waals surface area contributed by atoms with Crippen LogP contribution in [0.25, 0.3) is 0 Å². The summed E-state index contributed by atoms with van der Waals surface area (Å²) in [6.07, 6.45) is 3.58. The van der Waals surface area contributed by atoms with Gasteiger partial charge in [0.2, 0.25) is 0 Å². The maximum atomic E-state index is 11.9. The zero-order valence-corrected chi connectivity index (χ0v) is 32.8. The van der Waals surface area contributed by atoms with Crippen LogP contribution in [0.15, 0.2) is 119 Å². The van der Waals surface area contributed by atoms with E-state index in [2.05, 4.69) is 38.1 Å². The van der Waals surface area contributed by atoms with Gasteiger partial charge in [-0.1, -0.05) is 98.8 Å². The Labute approximate surface area is 308 Å². The molecule has 4 aromatic carbocycles. The zero-order chi connectivity index (χ0) is 30.2. The molecule has 1 aliphatic carbocycles. The average Bonchev–Trinajstić information content (AvgIpc) is 2.98. The quantitative estimate of drug-likeness (QED) is 0.119. The van der Waals surface area contributed by atoms with Crippen molar-refractivity contribution < 1.29 is 85.1 Å². The second-order valence-electron chi connectivity index (χ2n) is 11.4. The van der Waals surface area contributed by atoms with Gasteiger partial charge in [0, 0.05) is 0 Å². The molecule has 0 saturated heterocycles. The summed E-state index contributed by atoms with van der Waals surface area (Å²) in [4.78, 5) is -0.434. The van der Waals surface area contributed by atoms with Gasteiger partial charge in [-0.05, 0) is 97.3 Å². The summed E-state index contributed by atoms with van der Waals surface area (Å²) in [5.41, 5.74) is -0.225. The van der Waals surface area contributed by atoms with Crippen molar-refractivity contribution >= 4 is 57.3 Å². The van der Waals surface area contributed by atoms with E-state index in [1.807, 2.05) is 48.5 Å². The summed E-state index contributed by atoms with van der Waals surface area (Å²) in [5, 5.41) is 3.92. The maximum absolute atomic E-state index is 11.9. The van der Waals surface area contributed by atoms with E-state index in [1.54, 1.807) is 12.1 Å². The predicted molar refractivity (Wildman–Crippen MR) is 169 cm³/mol. The molecule has 0 radical (unpaired) electrons. The van der Waals surface area contributed by atoms with Crippen LogP contribution in [0.3, 0.4) is 0 Å². The Balaban J connectivity index is 0.00000264. The Morgan fingerprint density at radius 3 is 1.16 bits per heavy atom. The third kappa shape index (κ3) is 8.52. The minimum absolute atomic E-state index is 0. The average molecular weight is 685 g/mol. The second kappa shape index (κ2) is 15.2. The van der Waals surface area contributed by atoms with Crippen molar-refractivity contribution in [1.82, 2.24) is 0 Å². The minimum atomic E-state index is -4.59. The van der Waals surface area contributed by atoms with Crippen molar-refractivity contribution in [2.24, 2.45) is 10.8 Å². The number of hydrogen-bond donors (Lipinski definition) is 0. The fraction of sp³-hybridized carbons (Fsp3) is 0.250. The molecule has 4 aromatic rings. The van der Waals surface area contributed by atoms with Crippen molar-refractivity contribution in [3.05, 3.63) is 109 Å². The summed E-state index contributed by atoms with van der Waals surface area (Å²) < 4.78 is 71.2. The van der Waals surface area contributed by atoms with E-state index in [4.69, 9.17) is 0 Å². The van der Waals surface area contributed by atoms with Gasteiger partial charge in [-0.2, -0.15) is 0 Å². The molecule has 0 aromatic heterocycles. The summed E-state index contributed by atoms with van der Waals surface area (Å²) in [7, 11) is -11.2. The topological polar surface area (TPSA) is 114 Å². The van der Waals surface area contributed by atoms with Crippen molar-refractivity contribution in [3.63, 3.8) is 0 Å². The molecule has 6 nitrogen and oxygen atoms in total. The van der Waals surface area contributed by atoms with Gasteiger partial charge in [0.05, 0.1) is 9.79 Å². The zero-order valence-electron chi connectivity index (χ0n) is 25.4. The van der Waals surface area contributed by atoms with Gasteiger partial charge in [0.1, 0.15) is 20.2 Å². The van der Waals surface area contributed by atoms with E-state index >= 15 is 0 Å². The van der Waals surface area contributed by atoms with Crippen LogP contribution < -0.4 is 80.3 Å². The molecule has 44 heavy (non-hydrogen) atoms. The summed E-state index contributed by atoms with van der Waals surface area (Å²) in [6.45, 7) is 4.58. The Kier molecular flexibility index (Phi) is 13.1. The molecule has 4 atom stereocenters. The number of benzene rings is 4. The Morgan fingerprint density at radius 1 is 0.545 bits per heavy atom. The summed E-state index contributed by atoms with van der Waals surface area (Å²) in [5.74, 6) is 0. The monoisotopic (exact) mass is 684 g/mol. The first-order valence-corrected chi connectivity index (χ1v) is 19.4. The molecular weight excluding hydrogens is 652 g/mol. The molecule has 1 fully saturated rings. The maximum Gasteiger partial charge on any atom is 1.00 e. The smallest absolute Gasteiger partial charge is 0.744 e. The molecule has 0 amide bonds. The molecule has 1 saturated carbocycles. The fourth-order valence-electron chi connectivity index (χ4n) is 5.71. The Hall–Kier alpha value is -0.440. The van der Waals surface area contributed by atoms with Crippen LogP contribution in [0.5, 0.6) is 0 Å². The van der Waals surface area contributed by atoms with Gasteiger partial charge in [-0.3, -0.25) is 0 Å². The minimum Gasteiger partial charge on any atom is -0.744 e. The molecule has 1 aliphatic rings. The number of hydrogen-bond acceptors (Lipinski definition) is 6. The van der Waals surface area contributed by atoms with Crippen molar-refractivity contribution in [2.45, 2.75) is 36.5 Å². The van der Waals surface area contributed by atoms with Gasteiger partial charge < -0.3 is 9.11 Å². The predicted octanol–water partition coefficient (Wildman–Crippen LogP) is -1.13. The summed E-state index contributed by atoms with van der Waals surface area (Å²) >= 11 is 0. The molecule has 2 unspecified atom stereocenters. The molecule has 220 valence electrons. The van der Waals surface area contributed by atoms with Crippen LogP contribution in [-0.4, -0.2) is 38.3 Å². The largest absolute Gasteiger partial charge is 1.00 e. The van der Waals surface area contributed by atoms with E-state index in [0.717, 1.165) is 46.4 Å². The molecular formula is C32H32Na2O6P2S2. The number of rotatable bonds is 10. The standard InChI is InChI=1S/C32H34O6P2S2.2Na/c1-31(23-39(25-11-5-3-6-12-25)27-15-9-17-29(21-27)41(33,34)35)19-20-32(31,2)24-40(26-13-7-4-8-14-26)28-16-10-18-30(22-28)42(36,37)38;;/h3-18,21-22H,19-20,23-24H2,1-2H3,(H,33,34,35)(H,36,37,38);;/q;2*+1/p-2/t31-,32-,39?,40?;;/m1../s1. The molecule has 0 spiro atoms. The van der Waals surface area contributed by atoms with Gasteiger partial charge >= 0.3 is 59.1 Å². The molecule has 0 heterocycles. The van der Waals surface area contributed by atoms with Crippen molar-refractivity contribution in [2.75, 3.05) is 12.3 Å². The molecule has 0 bridgehead atoms. The molecule has 5 rings (SSSR count). The van der Waals surface area contributed by atoms with Crippen LogP contribution in [0.2, 0.25) is 0 Å². The molecule has 0 N–H and O–H groups in total. The van der Waals surface area contributed by atoms with Crippen LogP contribution in [-0.2, 0) is 20.2 Å². The van der Waals surface area contributed by atoms with Crippen LogP contribution in [0.4, 0.5) is 0 Å². The molecule has 0 aliphatic heterocycles. The first-order valence-electron chi connectivity index (χ1n) is 13.6. The van der Waals surface area contributed by atoms with E-state index < -0.39 is 36.1 Å². The third-order valence-electron chi connectivity index (χ3n) is 8.67. The van der Waals surface area contributed by atoms with Gasteiger partial charge in [0.15, 0.2) is 0 Å². The first kappa shape index (κ1) is 38.0. The second-order valence-corrected chi connectivity index (χ2v) is 18.5. The van der Waals surface area contributed by atoms with Crippen LogP contribution in [0, 0.1) is 10.8 Å². The van der Waals surface area contributed by atoms with Crippen LogP contribution in [0.1, 0.15) is 26.7 Å². The SMILES string of the molecule is C[C@]1(CP(c2ccccc2)c2cccc(S(=O)(=O)[O-])c2)CC[C@]1(C)CP(c1ccccc1)c1cccc(S(=O)(=O)[O-])c1.[Na+].[Na+]. The molecule has 12 heteroatoms. The van der Waals surface area contributed by atoms with E-state index in [9.17, 15) is 25.9 Å². The normalized spacial score (nSPS) is 21.2. The van der Waals surface area contributed by atoms with Crippen molar-refractivity contribution in [3.8, 4) is 0 Å². The fourth-order valence-corrected chi connectivity index (χ4v) is 12.9. The summed E-state index contributed by atoms with van der Waals surface area (Å²) in [6, 6.07) is 33.0. The van der Waals surface area contributed by atoms with Gasteiger partial charge in [0.25, 0.3) is 0 Å². The van der Waals surface area contributed by atoms with E-state index in [-0.39, 0.29) is 79.7 Å². The first-order chi connectivity index (χ1) is 19.8. The third-order valence-corrected chi connectivity index (χ3v) is 16.0. The van der Waals surface area contributed by atoms with E-state index in [1.165, 1.54) is 24.3 Å². The van der Waals surface area contributed by atoms with E-state index in [0.29, 0.717) is 0 Å². The van der Waals surface area contributed by atoms with Crippen LogP contribution >= 0.6 is 15.8 Å². The Morgan fingerprint density at radius 2 is 0.864 bits per heavy atom. The van der Waals surface area contributed by atoms with Crippen molar-refractivity contribution in [1.29, 1.82) is 0 Å². The van der Waals surface area contributed by atoms with Gasteiger partial charge in [-0.25, -0.2) is 16.8 Å².